The highest BCUT2D eigenvalue weighted by Crippen LogP contribution is 2.26. The second-order valence-corrected chi connectivity index (χ2v) is 6.62. The molecule has 0 spiro atoms. The van der Waals surface area contributed by atoms with E-state index in [1.807, 2.05) is 23.6 Å². The van der Waals surface area contributed by atoms with Crippen LogP contribution in [0.1, 0.15) is 10.5 Å². The van der Waals surface area contributed by atoms with Gasteiger partial charge in [-0.2, -0.15) is 0 Å². The standard InChI is InChI=1S/C18H11ClN4O2S/c19-13-5-1-3-11(7-13)16-8-14(23-25-16)17(24)22-18-21-15(10-26-18)12-4-2-6-20-9-12/h1-10H,(H,21,22,24). The van der Waals surface area contributed by atoms with Gasteiger partial charge in [-0.1, -0.05) is 28.9 Å². The third-order valence-electron chi connectivity index (χ3n) is 3.53. The van der Waals surface area contributed by atoms with Crippen molar-refractivity contribution in [2.75, 3.05) is 5.32 Å². The Morgan fingerprint density at radius 2 is 2.04 bits per heavy atom. The van der Waals surface area contributed by atoms with Crippen molar-refractivity contribution in [3.05, 3.63) is 71.0 Å². The molecular formula is C18H11ClN4O2S. The molecule has 0 radical (unpaired) electrons. The number of anilines is 1. The van der Waals surface area contributed by atoms with Gasteiger partial charge in [0.15, 0.2) is 16.6 Å². The molecule has 0 saturated heterocycles. The van der Waals surface area contributed by atoms with E-state index in [0.717, 1.165) is 16.8 Å². The number of rotatable bonds is 4. The van der Waals surface area contributed by atoms with Crippen LogP contribution in [0.2, 0.25) is 5.02 Å². The third kappa shape index (κ3) is 3.49. The summed E-state index contributed by atoms with van der Waals surface area (Å²) >= 11 is 7.30. The van der Waals surface area contributed by atoms with Gasteiger partial charge in [-0.05, 0) is 24.3 Å². The number of thiazole rings is 1. The number of hydrogen-bond acceptors (Lipinski definition) is 6. The van der Waals surface area contributed by atoms with Crippen LogP contribution in [0.25, 0.3) is 22.6 Å². The highest BCUT2D eigenvalue weighted by Gasteiger charge is 2.16. The Balaban J connectivity index is 1.50. The Labute approximate surface area is 157 Å². The smallest absolute Gasteiger partial charge is 0.279 e. The molecule has 1 N–H and O–H groups in total. The van der Waals surface area contributed by atoms with Crippen molar-refractivity contribution >= 4 is 34.0 Å². The van der Waals surface area contributed by atoms with E-state index < -0.39 is 5.91 Å². The summed E-state index contributed by atoms with van der Waals surface area (Å²) < 4.78 is 5.24. The molecular weight excluding hydrogens is 372 g/mol. The van der Waals surface area contributed by atoms with Crippen molar-refractivity contribution in [1.82, 2.24) is 15.1 Å². The first kappa shape index (κ1) is 16.4. The summed E-state index contributed by atoms with van der Waals surface area (Å²) in [4.78, 5) is 20.8. The lowest BCUT2D eigenvalue weighted by atomic mass is 10.1. The molecule has 0 bridgehead atoms. The van der Waals surface area contributed by atoms with Crippen molar-refractivity contribution in [2.45, 2.75) is 0 Å². The summed E-state index contributed by atoms with van der Waals surface area (Å²) in [5, 5.41) is 9.45. The first-order valence-corrected chi connectivity index (χ1v) is 8.85. The minimum Gasteiger partial charge on any atom is -0.355 e. The Kier molecular flexibility index (Phi) is 4.47. The number of nitrogens with one attached hydrogen (secondary N) is 1. The van der Waals surface area contributed by atoms with Gasteiger partial charge in [-0.3, -0.25) is 15.1 Å². The SMILES string of the molecule is O=C(Nc1nc(-c2cccnc2)cs1)c1cc(-c2cccc(Cl)c2)on1. The van der Waals surface area contributed by atoms with Crippen LogP contribution in [-0.2, 0) is 0 Å². The van der Waals surface area contributed by atoms with Gasteiger partial charge < -0.3 is 4.52 Å². The lowest BCUT2D eigenvalue weighted by Crippen LogP contribution is -2.11. The fourth-order valence-corrected chi connectivity index (χ4v) is 3.20. The van der Waals surface area contributed by atoms with Crippen LogP contribution >= 0.6 is 22.9 Å². The predicted molar refractivity (Wildman–Crippen MR) is 100 cm³/mol. The van der Waals surface area contributed by atoms with Gasteiger partial charge in [0.2, 0.25) is 0 Å². The number of carbonyl (C=O) groups excluding carboxylic acids is 1. The molecule has 3 aromatic heterocycles. The molecule has 0 unspecified atom stereocenters. The van der Waals surface area contributed by atoms with Gasteiger partial charge >= 0.3 is 0 Å². The third-order valence-corrected chi connectivity index (χ3v) is 4.53. The topological polar surface area (TPSA) is 80.9 Å². The number of aromatic nitrogens is 3. The lowest BCUT2D eigenvalue weighted by molar-refractivity contribution is 0.101. The Morgan fingerprint density at radius 3 is 2.85 bits per heavy atom. The molecule has 3 heterocycles. The van der Waals surface area contributed by atoms with Crippen molar-refractivity contribution in [3.8, 4) is 22.6 Å². The van der Waals surface area contributed by atoms with Gasteiger partial charge in [0.25, 0.3) is 5.91 Å². The second-order valence-electron chi connectivity index (χ2n) is 5.32. The molecule has 4 aromatic rings. The zero-order valence-corrected chi connectivity index (χ0v) is 14.8. The number of hydrogen-bond donors (Lipinski definition) is 1. The molecule has 8 heteroatoms. The number of halogens is 1. The number of pyridine rings is 1. The number of benzene rings is 1. The fourth-order valence-electron chi connectivity index (χ4n) is 2.30. The molecule has 0 aliphatic heterocycles. The highest BCUT2D eigenvalue weighted by atomic mass is 35.5. The maximum atomic E-state index is 12.4. The summed E-state index contributed by atoms with van der Waals surface area (Å²) in [6.07, 6.45) is 3.41. The summed E-state index contributed by atoms with van der Waals surface area (Å²) in [5.41, 5.74) is 2.54. The summed E-state index contributed by atoms with van der Waals surface area (Å²) in [7, 11) is 0. The number of amides is 1. The van der Waals surface area contributed by atoms with E-state index in [1.54, 1.807) is 36.7 Å². The minimum absolute atomic E-state index is 0.165. The van der Waals surface area contributed by atoms with E-state index in [4.69, 9.17) is 16.1 Å². The molecule has 0 aliphatic carbocycles. The van der Waals surface area contributed by atoms with Crippen LogP contribution < -0.4 is 5.32 Å². The summed E-state index contributed by atoms with van der Waals surface area (Å²) in [6, 6.07) is 12.4. The first-order valence-electron chi connectivity index (χ1n) is 7.59. The van der Waals surface area contributed by atoms with Crippen LogP contribution in [0, 0.1) is 0 Å². The van der Waals surface area contributed by atoms with Gasteiger partial charge in [0.05, 0.1) is 5.69 Å². The average molecular weight is 383 g/mol. The van der Waals surface area contributed by atoms with E-state index in [1.165, 1.54) is 11.3 Å². The molecule has 0 fully saturated rings. The maximum absolute atomic E-state index is 12.4. The van der Waals surface area contributed by atoms with E-state index in [-0.39, 0.29) is 5.69 Å². The lowest BCUT2D eigenvalue weighted by Gasteiger charge is -1.97. The van der Waals surface area contributed by atoms with Crippen molar-refractivity contribution in [3.63, 3.8) is 0 Å². The monoisotopic (exact) mass is 382 g/mol. The van der Waals surface area contributed by atoms with Crippen LogP contribution in [0.4, 0.5) is 5.13 Å². The molecule has 4 rings (SSSR count). The van der Waals surface area contributed by atoms with E-state index in [0.29, 0.717) is 15.9 Å². The zero-order valence-electron chi connectivity index (χ0n) is 13.2. The number of carbonyl (C=O) groups is 1. The minimum atomic E-state index is -0.394. The van der Waals surface area contributed by atoms with Crippen LogP contribution in [0.5, 0.6) is 0 Å². The van der Waals surface area contributed by atoms with Gasteiger partial charge in [-0.15, -0.1) is 11.3 Å². The second kappa shape index (κ2) is 7.07. The van der Waals surface area contributed by atoms with Crippen molar-refractivity contribution in [2.24, 2.45) is 0 Å². The molecule has 128 valence electrons. The van der Waals surface area contributed by atoms with E-state index in [9.17, 15) is 4.79 Å². The zero-order chi connectivity index (χ0) is 17.9. The predicted octanol–water partition coefficient (Wildman–Crippen LogP) is 4.77. The Hall–Kier alpha value is -3.03. The molecule has 0 saturated carbocycles. The largest absolute Gasteiger partial charge is 0.355 e. The van der Waals surface area contributed by atoms with Crippen molar-refractivity contribution < 1.29 is 9.32 Å². The summed E-state index contributed by atoms with van der Waals surface area (Å²) in [5.74, 6) is 0.0713. The fraction of sp³-hybridized carbons (Fsp3) is 0. The average Bonchev–Trinajstić information content (AvgIpc) is 3.32. The molecule has 1 aromatic carbocycles. The molecule has 26 heavy (non-hydrogen) atoms. The summed E-state index contributed by atoms with van der Waals surface area (Å²) in [6.45, 7) is 0. The first-order chi connectivity index (χ1) is 12.7. The van der Waals surface area contributed by atoms with Gasteiger partial charge in [-0.25, -0.2) is 4.98 Å². The Morgan fingerprint density at radius 1 is 1.15 bits per heavy atom. The highest BCUT2D eigenvalue weighted by molar-refractivity contribution is 7.14. The van der Waals surface area contributed by atoms with E-state index in [2.05, 4.69) is 20.4 Å². The maximum Gasteiger partial charge on any atom is 0.279 e. The molecule has 0 atom stereocenters. The molecule has 6 nitrogen and oxygen atoms in total. The molecule has 1 amide bonds. The van der Waals surface area contributed by atoms with Crippen molar-refractivity contribution in [1.29, 1.82) is 0 Å². The normalized spacial score (nSPS) is 10.7. The number of nitrogens with zero attached hydrogens (tertiary/aromatic N) is 3. The Bertz CT molecular complexity index is 1060. The van der Waals surface area contributed by atoms with Gasteiger partial charge in [0.1, 0.15) is 0 Å². The quantitative estimate of drug-likeness (QED) is 0.550. The van der Waals surface area contributed by atoms with Crippen LogP contribution in [0.3, 0.4) is 0 Å². The van der Waals surface area contributed by atoms with E-state index >= 15 is 0 Å². The molecule has 0 aliphatic rings. The van der Waals surface area contributed by atoms with Gasteiger partial charge in [0, 0.05) is 40.0 Å². The van der Waals surface area contributed by atoms with Crippen LogP contribution in [0.15, 0.2) is 64.8 Å². The van der Waals surface area contributed by atoms with Crippen LogP contribution in [-0.4, -0.2) is 21.0 Å².